The van der Waals surface area contributed by atoms with E-state index in [1.54, 1.807) is 0 Å². The monoisotopic (exact) mass is 486 g/mol. The van der Waals surface area contributed by atoms with Gasteiger partial charge < -0.3 is 0 Å². The normalized spacial score (nSPS) is 10.3. The van der Waals surface area contributed by atoms with E-state index in [9.17, 15) is 0 Å². The molecule has 0 aliphatic carbocycles. The summed E-state index contributed by atoms with van der Waals surface area (Å²) in [4.78, 5) is 0. The zero-order valence-electron chi connectivity index (χ0n) is 24.0. The van der Waals surface area contributed by atoms with Gasteiger partial charge in [-0.3, -0.25) is 0 Å². The molecule has 0 heterocycles. The third-order valence-electron chi connectivity index (χ3n) is 7.11. The molecule has 4 aromatic carbocycles. The van der Waals surface area contributed by atoms with Crippen LogP contribution >= 0.6 is 0 Å². The van der Waals surface area contributed by atoms with Crippen molar-refractivity contribution in [1.29, 1.82) is 0 Å². The van der Waals surface area contributed by atoms with Gasteiger partial charge in [0, 0.05) is 0 Å². The predicted octanol–water partition coefficient (Wildman–Crippen LogP) is 3.80. The van der Waals surface area contributed by atoms with E-state index in [2.05, 4.69) is 123 Å². The number of hydrogen-bond donors (Lipinski definition) is 0. The first-order valence-corrected chi connectivity index (χ1v) is 13.8. The molecular weight excluding hydrogens is 446 g/mol. The van der Waals surface area contributed by atoms with E-state index in [0.29, 0.717) is 0 Å². The fraction of sp³-hybridized carbons (Fsp3) is 0.278. The van der Waals surface area contributed by atoms with E-state index in [1.165, 1.54) is 70.9 Å². The van der Waals surface area contributed by atoms with Crippen molar-refractivity contribution in [2.24, 2.45) is 0 Å². The minimum Gasteiger partial charge on any atom is -0.120 e. The number of benzene rings is 4. The molecule has 4 aromatic rings. The second kappa shape index (κ2) is 17.4. The predicted molar refractivity (Wildman–Crippen MR) is 155 cm³/mol. The van der Waals surface area contributed by atoms with Crippen LogP contribution in [0.3, 0.4) is 0 Å². The van der Waals surface area contributed by atoms with Crippen molar-refractivity contribution in [1.82, 2.24) is 0 Å². The Labute approximate surface area is 256 Å². The first-order chi connectivity index (χ1) is 17.8. The molecule has 0 radical (unpaired) electrons. The Morgan fingerprint density at radius 2 is 0.737 bits per heavy atom. The number of aryl methyl sites for hydroxylation is 2. The van der Waals surface area contributed by atoms with Gasteiger partial charge in [0.15, 0.2) is 0 Å². The van der Waals surface area contributed by atoms with Crippen LogP contribution in [0.4, 0.5) is 0 Å². The van der Waals surface area contributed by atoms with Crippen molar-refractivity contribution in [3.63, 3.8) is 0 Å². The molecule has 0 bridgehead atoms. The second-order valence-electron chi connectivity index (χ2n) is 9.79. The standard InChI is InChI=1S/C36H40.2Li/c1-3-5-13-29-19-23-33(24-20-29)35(31-15-9-7-10-16-31)27-28-36(32-17-11-8-12-18-32)34-25-21-30(22-26-34)14-6-4-2;;/h7-12,15-26H,3-6,13-14,27-28H2,1-2H3;;/q-2;2*+1. The Morgan fingerprint density at radius 3 is 1.05 bits per heavy atom. The summed E-state index contributed by atoms with van der Waals surface area (Å²) in [5.41, 5.74) is 8.19. The van der Waals surface area contributed by atoms with E-state index in [1.807, 2.05) is 0 Å². The van der Waals surface area contributed by atoms with Crippen LogP contribution in [0.2, 0.25) is 0 Å². The molecule has 0 nitrogen and oxygen atoms in total. The average Bonchev–Trinajstić information content (AvgIpc) is 2.95. The molecule has 4 rings (SSSR count). The van der Waals surface area contributed by atoms with Gasteiger partial charge in [-0.2, -0.15) is 0 Å². The Morgan fingerprint density at radius 1 is 0.421 bits per heavy atom. The van der Waals surface area contributed by atoms with Gasteiger partial charge in [0.05, 0.1) is 0 Å². The van der Waals surface area contributed by atoms with Crippen LogP contribution in [0.15, 0.2) is 109 Å². The van der Waals surface area contributed by atoms with Crippen LogP contribution < -0.4 is 37.7 Å². The summed E-state index contributed by atoms with van der Waals surface area (Å²) in [5.74, 6) is 2.84. The molecule has 0 aromatic heterocycles. The van der Waals surface area contributed by atoms with Crippen molar-refractivity contribution in [2.45, 2.75) is 65.2 Å². The number of hydrogen-bond acceptors (Lipinski definition) is 0. The van der Waals surface area contributed by atoms with Gasteiger partial charge in [0.1, 0.15) is 0 Å². The van der Waals surface area contributed by atoms with E-state index >= 15 is 0 Å². The van der Waals surface area contributed by atoms with Crippen LogP contribution in [-0.4, -0.2) is 0 Å². The Bertz CT molecular complexity index is 1040. The van der Waals surface area contributed by atoms with Gasteiger partial charge in [0.25, 0.3) is 0 Å². The molecule has 186 valence electrons. The van der Waals surface area contributed by atoms with Crippen LogP contribution in [0.5, 0.6) is 0 Å². The molecule has 0 saturated carbocycles. The van der Waals surface area contributed by atoms with E-state index < -0.39 is 0 Å². The summed E-state index contributed by atoms with van der Waals surface area (Å²) in [6.07, 6.45) is 9.31. The van der Waals surface area contributed by atoms with Crippen molar-refractivity contribution in [2.75, 3.05) is 0 Å². The zero-order chi connectivity index (χ0) is 25.0. The fourth-order valence-electron chi connectivity index (χ4n) is 4.95. The van der Waals surface area contributed by atoms with Crippen LogP contribution in [0, 0.1) is 11.8 Å². The third-order valence-corrected chi connectivity index (χ3v) is 7.11. The van der Waals surface area contributed by atoms with Crippen LogP contribution in [0.1, 0.15) is 85.8 Å². The zero-order valence-corrected chi connectivity index (χ0v) is 24.0. The molecule has 2 heteroatoms. The topological polar surface area (TPSA) is 0 Å². The Kier molecular flexibility index (Phi) is 14.7. The molecule has 0 unspecified atom stereocenters. The van der Waals surface area contributed by atoms with E-state index in [-0.39, 0.29) is 37.7 Å². The van der Waals surface area contributed by atoms with Gasteiger partial charge in [-0.25, -0.2) is 0 Å². The van der Waals surface area contributed by atoms with Crippen molar-refractivity contribution >= 4 is 0 Å². The smallest absolute Gasteiger partial charge is 0.120 e. The second-order valence-corrected chi connectivity index (χ2v) is 9.79. The first kappa shape index (κ1) is 32.0. The van der Waals surface area contributed by atoms with Crippen molar-refractivity contribution in [3.05, 3.63) is 154 Å². The summed E-state index contributed by atoms with van der Waals surface area (Å²) in [5, 5.41) is 0. The number of rotatable bonds is 13. The summed E-state index contributed by atoms with van der Waals surface area (Å²) in [7, 11) is 0. The molecule has 0 atom stereocenters. The molecule has 0 N–H and O–H groups in total. The molecular formula is C36H40Li2. The van der Waals surface area contributed by atoms with Gasteiger partial charge in [-0.1, -0.05) is 111 Å². The average molecular weight is 487 g/mol. The maximum absolute atomic E-state index is 2.33. The SMILES string of the molecule is CCCCc1ccc([C-](CC[C-](c2ccccc2)c2ccc(CCCC)cc2)c2ccccc2)cc1.[Li+].[Li+]. The molecule has 0 saturated heterocycles. The largest absolute Gasteiger partial charge is 1.00 e. The van der Waals surface area contributed by atoms with Crippen molar-refractivity contribution in [3.8, 4) is 0 Å². The Balaban J connectivity index is 0.00000253. The number of unbranched alkanes of at least 4 members (excludes halogenated alkanes) is 2. The van der Waals surface area contributed by atoms with E-state index in [0.717, 1.165) is 25.7 Å². The van der Waals surface area contributed by atoms with Gasteiger partial charge in [0.2, 0.25) is 0 Å². The minimum absolute atomic E-state index is 0. The molecule has 0 amide bonds. The molecule has 0 fully saturated rings. The maximum atomic E-state index is 2.33. The van der Waals surface area contributed by atoms with Gasteiger partial charge in [-0.05, 0) is 25.7 Å². The molecule has 38 heavy (non-hydrogen) atoms. The summed E-state index contributed by atoms with van der Waals surface area (Å²) >= 11 is 0. The minimum atomic E-state index is 0. The van der Waals surface area contributed by atoms with Gasteiger partial charge in [-0.15, -0.1) is 82.6 Å². The van der Waals surface area contributed by atoms with Crippen LogP contribution in [0.25, 0.3) is 0 Å². The third kappa shape index (κ3) is 9.23. The fourth-order valence-corrected chi connectivity index (χ4v) is 4.95. The summed E-state index contributed by atoms with van der Waals surface area (Å²) in [6.45, 7) is 4.52. The Hall–Kier alpha value is -2.19. The summed E-state index contributed by atoms with van der Waals surface area (Å²) < 4.78 is 0. The van der Waals surface area contributed by atoms with Crippen LogP contribution in [-0.2, 0) is 12.8 Å². The van der Waals surface area contributed by atoms with Crippen molar-refractivity contribution < 1.29 is 37.7 Å². The van der Waals surface area contributed by atoms with Gasteiger partial charge >= 0.3 is 37.7 Å². The molecule has 0 aliphatic rings. The maximum Gasteiger partial charge on any atom is 1.00 e. The van der Waals surface area contributed by atoms with E-state index in [4.69, 9.17) is 0 Å². The molecule has 0 spiro atoms. The first-order valence-electron chi connectivity index (χ1n) is 13.8. The summed E-state index contributed by atoms with van der Waals surface area (Å²) in [6, 6.07) is 40.5. The molecule has 0 aliphatic heterocycles. The quantitative estimate of drug-likeness (QED) is 0.199.